The summed E-state index contributed by atoms with van der Waals surface area (Å²) in [6.07, 6.45) is 0. The van der Waals surface area contributed by atoms with Crippen LogP contribution < -0.4 is 0 Å². The lowest BCUT2D eigenvalue weighted by atomic mass is 10.2. The molecule has 1 saturated heterocycles. The second kappa shape index (κ2) is 5.22. The monoisotopic (exact) mass is 291 g/mol. The fourth-order valence-corrected chi connectivity index (χ4v) is 3.71. The van der Waals surface area contributed by atoms with Crippen LogP contribution in [-0.2, 0) is 14.9 Å². The zero-order valence-corrected chi connectivity index (χ0v) is 12.3. The number of aryl methyl sites for hydroxylation is 1. The van der Waals surface area contributed by atoms with E-state index in [0.717, 1.165) is 10.7 Å². The van der Waals surface area contributed by atoms with Crippen molar-refractivity contribution in [3.05, 3.63) is 16.1 Å². The van der Waals surface area contributed by atoms with E-state index in [1.54, 1.807) is 0 Å². The highest BCUT2D eigenvalue weighted by molar-refractivity contribution is 7.86. The van der Waals surface area contributed by atoms with Gasteiger partial charge in [-0.3, -0.25) is 0 Å². The average molecular weight is 291 g/mol. The molecule has 0 bridgehead atoms. The molecule has 1 atom stereocenters. The van der Waals surface area contributed by atoms with Gasteiger partial charge in [0, 0.05) is 26.0 Å². The van der Waals surface area contributed by atoms with Gasteiger partial charge < -0.3 is 4.74 Å². The van der Waals surface area contributed by atoms with Gasteiger partial charge in [0.15, 0.2) is 0 Å². The topological polar surface area (TPSA) is 62.7 Å². The first kappa shape index (κ1) is 13.9. The predicted molar refractivity (Wildman–Crippen MR) is 69.7 cm³/mol. The van der Waals surface area contributed by atoms with E-state index in [9.17, 15) is 8.42 Å². The van der Waals surface area contributed by atoms with Gasteiger partial charge in [-0.15, -0.1) is 11.3 Å². The largest absolute Gasteiger partial charge is 0.378 e. The van der Waals surface area contributed by atoms with Crippen LogP contribution in [0.15, 0.2) is 5.38 Å². The summed E-state index contributed by atoms with van der Waals surface area (Å²) in [5.41, 5.74) is 0.766. The molecule has 1 aliphatic rings. The molecule has 18 heavy (non-hydrogen) atoms. The van der Waals surface area contributed by atoms with E-state index in [1.807, 2.05) is 12.3 Å². The summed E-state index contributed by atoms with van der Waals surface area (Å²) in [6.45, 7) is 3.05. The zero-order chi connectivity index (χ0) is 13.3. The molecule has 0 saturated carbocycles. The number of ether oxygens (including phenoxy) is 1. The summed E-state index contributed by atoms with van der Waals surface area (Å²) in [6, 6.07) is -0.323. The van der Waals surface area contributed by atoms with Crippen molar-refractivity contribution in [3.63, 3.8) is 0 Å². The van der Waals surface area contributed by atoms with Gasteiger partial charge in [-0.1, -0.05) is 0 Å². The molecular weight excluding hydrogens is 274 g/mol. The number of hydrogen-bond donors (Lipinski definition) is 0. The van der Waals surface area contributed by atoms with E-state index in [4.69, 9.17) is 4.74 Å². The number of nitrogens with zero attached hydrogens (tertiary/aromatic N) is 3. The molecule has 2 rings (SSSR count). The van der Waals surface area contributed by atoms with E-state index in [1.165, 1.54) is 34.0 Å². The minimum Gasteiger partial charge on any atom is -0.378 e. The van der Waals surface area contributed by atoms with Crippen LogP contribution in [0.1, 0.15) is 16.7 Å². The van der Waals surface area contributed by atoms with Crippen LogP contribution in [0.2, 0.25) is 0 Å². The van der Waals surface area contributed by atoms with Gasteiger partial charge in [0.05, 0.1) is 30.0 Å². The van der Waals surface area contributed by atoms with Crippen molar-refractivity contribution in [2.45, 2.75) is 13.0 Å². The third-order valence-corrected chi connectivity index (χ3v) is 5.56. The van der Waals surface area contributed by atoms with Crippen LogP contribution in [0.25, 0.3) is 0 Å². The Labute approximate surface area is 111 Å². The van der Waals surface area contributed by atoms with Crippen LogP contribution in [0.5, 0.6) is 0 Å². The highest BCUT2D eigenvalue weighted by Gasteiger charge is 2.36. The lowest BCUT2D eigenvalue weighted by molar-refractivity contribution is 0.0286. The van der Waals surface area contributed by atoms with Crippen molar-refractivity contribution >= 4 is 21.5 Å². The second-order valence-electron chi connectivity index (χ2n) is 4.28. The number of rotatable bonds is 3. The maximum Gasteiger partial charge on any atom is 0.282 e. The van der Waals surface area contributed by atoms with Gasteiger partial charge in [-0.2, -0.15) is 17.0 Å². The average Bonchev–Trinajstić information content (AvgIpc) is 2.75. The standard InChI is InChI=1S/C10H17N3O3S2/c1-8-11-9(7-17-8)10-6-16-5-4-13(10)18(14,15)12(2)3/h7,10H,4-6H2,1-3H3/t10-/m1/s1. The van der Waals surface area contributed by atoms with Gasteiger partial charge in [0.2, 0.25) is 0 Å². The van der Waals surface area contributed by atoms with Crippen molar-refractivity contribution in [1.29, 1.82) is 0 Å². The van der Waals surface area contributed by atoms with E-state index >= 15 is 0 Å². The highest BCUT2D eigenvalue weighted by atomic mass is 32.2. The molecule has 0 spiro atoms. The van der Waals surface area contributed by atoms with Gasteiger partial charge in [-0.05, 0) is 6.92 Å². The van der Waals surface area contributed by atoms with Gasteiger partial charge >= 0.3 is 0 Å². The molecular formula is C10H17N3O3S2. The molecule has 0 aromatic carbocycles. The molecule has 8 heteroatoms. The van der Waals surface area contributed by atoms with E-state index in [0.29, 0.717) is 19.8 Å². The highest BCUT2D eigenvalue weighted by Crippen LogP contribution is 2.28. The first-order valence-corrected chi connectivity index (χ1v) is 7.89. The zero-order valence-electron chi connectivity index (χ0n) is 10.7. The third kappa shape index (κ3) is 2.57. The lowest BCUT2D eigenvalue weighted by Gasteiger charge is -2.35. The minimum atomic E-state index is -3.44. The molecule has 102 valence electrons. The molecule has 0 amide bonds. The maximum absolute atomic E-state index is 12.2. The molecule has 0 radical (unpaired) electrons. The molecule has 0 unspecified atom stereocenters. The Morgan fingerprint density at radius 1 is 1.56 bits per heavy atom. The Balaban J connectivity index is 2.32. The Bertz CT molecular complexity index is 512. The van der Waals surface area contributed by atoms with Crippen molar-refractivity contribution in [2.24, 2.45) is 0 Å². The number of aromatic nitrogens is 1. The number of thiazole rings is 1. The summed E-state index contributed by atoms with van der Waals surface area (Å²) in [5.74, 6) is 0. The summed E-state index contributed by atoms with van der Waals surface area (Å²) in [7, 11) is -0.365. The van der Waals surface area contributed by atoms with Crippen LogP contribution >= 0.6 is 11.3 Å². The Hall–Kier alpha value is -0.540. The van der Waals surface area contributed by atoms with E-state index in [2.05, 4.69) is 4.98 Å². The quantitative estimate of drug-likeness (QED) is 0.819. The van der Waals surface area contributed by atoms with Crippen molar-refractivity contribution in [2.75, 3.05) is 33.9 Å². The van der Waals surface area contributed by atoms with Crippen molar-refractivity contribution in [1.82, 2.24) is 13.6 Å². The first-order valence-electron chi connectivity index (χ1n) is 5.62. The predicted octanol–water partition coefficient (Wildman–Crippen LogP) is 0.631. The molecule has 1 aromatic rings. The maximum atomic E-state index is 12.2. The van der Waals surface area contributed by atoms with Crippen molar-refractivity contribution in [3.8, 4) is 0 Å². The van der Waals surface area contributed by atoms with Crippen LogP contribution in [-0.4, -0.2) is 55.9 Å². The fourth-order valence-electron chi connectivity index (χ4n) is 1.84. The summed E-state index contributed by atoms with van der Waals surface area (Å²) < 4.78 is 32.6. The molecule has 6 nitrogen and oxygen atoms in total. The smallest absolute Gasteiger partial charge is 0.282 e. The third-order valence-electron chi connectivity index (χ3n) is 2.82. The Morgan fingerprint density at radius 3 is 2.83 bits per heavy atom. The summed E-state index contributed by atoms with van der Waals surface area (Å²) in [5, 5.41) is 2.82. The van der Waals surface area contributed by atoms with E-state index < -0.39 is 10.2 Å². The van der Waals surface area contributed by atoms with Crippen LogP contribution in [0.3, 0.4) is 0 Å². The molecule has 0 N–H and O–H groups in total. The molecule has 1 aromatic heterocycles. The van der Waals surface area contributed by atoms with E-state index in [-0.39, 0.29) is 6.04 Å². The Kier molecular flexibility index (Phi) is 4.02. The molecule has 2 heterocycles. The van der Waals surface area contributed by atoms with Crippen LogP contribution in [0, 0.1) is 6.92 Å². The molecule has 0 aliphatic carbocycles. The normalized spacial score (nSPS) is 22.6. The van der Waals surface area contributed by atoms with Crippen LogP contribution in [0.4, 0.5) is 0 Å². The van der Waals surface area contributed by atoms with Crippen molar-refractivity contribution < 1.29 is 13.2 Å². The molecule has 1 aliphatic heterocycles. The summed E-state index contributed by atoms with van der Waals surface area (Å²) >= 11 is 1.52. The van der Waals surface area contributed by atoms with Gasteiger partial charge in [0.25, 0.3) is 10.2 Å². The number of hydrogen-bond acceptors (Lipinski definition) is 5. The first-order chi connectivity index (χ1) is 8.43. The van der Waals surface area contributed by atoms with Gasteiger partial charge in [0.1, 0.15) is 0 Å². The van der Waals surface area contributed by atoms with Gasteiger partial charge in [-0.25, -0.2) is 4.98 Å². The minimum absolute atomic E-state index is 0.323. The lowest BCUT2D eigenvalue weighted by Crippen LogP contribution is -2.48. The molecule has 1 fully saturated rings. The fraction of sp³-hybridized carbons (Fsp3) is 0.700. The Morgan fingerprint density at radius 2 is 2.28 bits per heavy atom. The summed E-state index contributed by atoms with van der Waals surface area (Å²) in [4.78, 5) is 4.37. The SMILES string of the molecule is Cc1nc([C@H]2COCCN2S(=O)(=O)N(C)C)cs1. The number of morpholine rings is 1. The second-order valence-corrected chi connectivity index (χ2v) is 7.44.